The minimum Gasteiger partial charge on any atom is -0.480 e. The molecule has 2 unspecified atom stereocenters. The Kier molecular flexibility index (Phi) is 3.80. The lowest BCUT2D eigenvalue weighted by atomic mass is 10.2. The van der Waals surface area contributed by atoms with Gasteiger partial charge in [-0.25, -0.2) is 4.79 Å². The molecule has 0 bridgehead atoms. The molecule has 2 aromatic rings. The van der Waals surface area contributed by atoms with Gasteiger partial charge < -0.3 is 19.7 Å². The molecule has 2 atom stereocenters. The molecule has 1 aromatic heterocycles. The van der Waals surface area contributed by atoms with Gasteiger partial charge in [-0.1, -0.05) is 29.8 Å². The molecule has 22 heavy (non-hydrogen) atoms. The lowest BCUT2D eigenvalue weighted by Gasteiger charge is -2.20. The molecule has 2 N–H and O–H groups in total. The Bertz CT molecular complexity index is 742. The molecular weight excluding hydrogens is 308 g/mol. The Balaban J connectivity index is 1.98. The number of carboxylic acids is 1. The first-order valence-corrected chi connectivity index (χ1v) is 7.23. The van der Waals surface area contributed by atoms with Crippen molar-refractivity contribution in [2.24, 2.45) is 0 Å². The third kappa shape index (κ3) is 2.34. The number of fused-ring (bicyclic) bond motifs is 1. The molecule has 1 fully saturated rings. The second-order valence-corrected chi connectivity index (χ2v) is 5.64. The van der Waals surface area contributed by atoms with Crippen LogP contribution in [-0.4, -0.2) is 52.7 Å². The third-order valence-corrected chi connectivity index (χ3v) is 4.39. The average Bonchev–Trinajstić information content (AvgIpc) is 3.09. The number of carboxylic acid groups (broad SMARTS) is 1. The number of hydrogen-bond donors (Lipinski definition) is 2. The minimum atomic E-state index is -1.04. The summed E-state index contributed by atoms with van der Waals surface area (Å²) in [6.07, 6.45) is -0.0108. The van der Waals surface area contributed by atoms with Gasteiger partial charge in [0, 0.05) is 31.0 Å². The Morgan fingerprint density at radius 1 is 1.41 bits per heavy atom. The Morgan fingerprint density at radius 3 is 2.77 bits per heavy atom. The predicted octanol–water partition coefficient (Wildman–Crippen LogP) is 2.14. The summed E-state index contributed by atoms with van der Waals surface area (Å²) in [6.45, 7) is 0.234. The molecular formula is C15H15ClN2O4. The standard InChI is InChI=1S/C15H15ClN2O4/c1-22-8-6-11(15(20)21)18(7-8)14(19)13-12(16)9-4-2-3-5-10(9)17-13/h2-5,8,11,17H,6-7H2,1H3,(H,20,21). The van der Waals surface area contributed by atoms with Crippen LogP contribution < -0.4 is 0 Å². The fourth-order valence-electron chi connectivity index (χ4n) is 2.83. The zero-order chi connectivity index (χ0) is 15.9. The number of benzene rings is 1. The van der Waals surface area contributed by atoms with E-state index in [2.05, 4.69) is 4.98 Å². The van der Waals surface area contributed by atoms with Crippen molar-refractivity contribution in [1.82, 2.24) is 9.88 Å². The van der Waals surface area contributed by atoms with E-state index in [1.54, 1.807) is 0 Å². The summed E-state index contributed by atoms with van der Waals surface area (Å²) in [7, 11) is 1.51. The normalized spacial score (nSPS) is 21.5. The fraction of sp³-hybridized carbons (Fsp3) is 0.333. The second-order valence-electron chi connectivity index (χ2n) is 5.26. The summed E-state index contributed by atoms with van der Waals surface area (Å²) in [5.74, 6) is -1.46. The molecule has 2 heterocycles. The van der Waals surface area contributed by atoms with Crippen molar-refractivity contribution in [2.45, 2.75) is 18.6 Å². The maximum absolute atomic E-state index is 12.7. The number of ether oxygens (including phenoxy) is 1. The van der Waals surface area contributed by atoms with Gasteiger partial charge in [-0.2, -0.15) is 0 Å². The monoisotopic (exact) mass is 322 g/mol. The van der Waals surface area contributed by atoms with Crippen molar-refractivity contribution in [1.29, 1.82) is 0 Å². The van der Waals surface area contributed by atoms with Crippen molar-refractivity contribution >= 4 is 34.4 Å². The van der Waals surface area contributed by atoms with Crippen LogP contribution in [0.25, 0.3) is 10.9 Å². The van der Waals surface area contributed by atoms with Gasteiger partial charge in [-0.3, -0.25) is 4.79 Å². The number of carbonyl (C=O) groups excluding carboxylic acids is 1. The highest BCUT2D eigenvalue weighted by Gasteiger charge is 2.41. The van der Waals surface area contributed by atoms with Crippen LogP contribution in [0.4, 0.5) is 0 Å². The van der Waals surface area contributed by atoms with Gasteiger partial charge in [0.15, 0.2) is 0 Å². The third-order valence-electron chi connectivity index (χ3n) is 4.00. The summed E-state index contributed by atoms with van der Waals surface area (Å²) in [6, 6.07) is 6.38. The van der Waals surface area contributed by atoms with E-state index >= 15 is 0 Å². The molecule has 0 saturated carbocycles. The van der Waals surface area contributed by atoms with E-state index in [4.69, 9.17) is 16.3 Å². The van der Waals surface area contributed by atoms with Crippen LogP contribution in [0.3, 0.4) is 0 Å². The van der Waals surface area contributed by atoms with E-state index in [0.717, 1.165) is 10.9 Å². The minimum absolute atomic E-state index is 0.214. The molecule has 6 nitrogen and oxygen atoms in total. The summed E-state index contributed by atoms with van der Waals surface area (Å²) in [5, 5.41) is 10.4. The number of aromatic amines is 1. The number of rotatable bonds is 3. The maximum atomic E-state index is 12.7. The van der Waals surface area contributed by atoms with Crippen molar-refractivity contribution in [2.75, 3.05) is 13.7 Å². The number of carbonyl (C=O) groups is 2. The first-order valence-electron chi connectivity index (χ1n) is 6.85. The number of H-pyrrole nitrogens is 1. The highest BCUT2D eigenvalue weighted by Crippen LogP contribution is 2.30. The van der Waals surface area contributed by atoms with Gasteiger partial charge in [0.25, 0.3) is 5.91 Å². The van der Waals surface area contributed by atoms with Gasteiger partial charge in [0.1, 0.15) is 11.7 Å². The molecule has 3 rings (SSSR count). The van der Waals surface area contributed by atoms with Gasteiger partial charge in [0.05, 0.1) is 11.1 Å². The van der Waals surface area contributed by atoms with E-state index in [1.807, 2.05) is 24.3 Å². The first-order chi connectivity index (χ1) is 10.5. The largest absolute Gasteiger partial charge is 0.480 e. The lowest BCUT2D eigenvalue weighted by Crippen LogP contribution is -2.40. The number of nitrogens with zero attached hydrogens (tertiary/aromatic N) is 1. The fourth-order valence-corrected chi connectivity index (χ4v) is 3.12. The quantitative estimate of drug-likeness (QED) is 0.907. The summed E-state index contributed by atoms with van der Waals surface area (Å²) < 4.78 is 5.20. The number of halogens is 1. The lowest BCUT2D eigenvalue weighted by molar-refractivity contribution is -0.141. The second kappa shape index (κ2) is 5.62. The summed E-state index contributed by atoms with van der Waals surface area (Å²) in [5.41, 5.74) is 0.955. The number of amides is 1. The number of likely N-dealkylation sites (tertiary alicyclic amines) is 1. The number of aromatic nitrogens is 1. The SMILES string of the molecule is COC1CC(C(=O)O)N(C(=O)c2[nH]c3ccccc3c2Cl)C1. The van der Waals surface area contributed by atoms with Gasteiger partial charge >= 0.3 is 5.97 Å². The number of aliphatic carboxylic acids is 1. The van der Waals surface area contributed by atoms with E-state index < -0.39 is 17.9 Å². The van der Waals surface area contributed by atoms with Crippen molar-refractivity contribution in [3.8, 4) is 0 Å². The topological polar surface area (TPSA) is 82.6 Å². The van der Waals surface area contributed by atoms with Crippen molar-refractivity contribution < 1.29 is 19.4 Å². The van der Waals surface area contributed by atoms with Gasteiger partial charge in [-0.15, -0.1) is 0 Å². The Hall–Kier alpha value is -2.05. The Morgan fingerprint density at radius 2 is 2.14 bits per heavy atom. The van der Waals surface area contributed by atoms with Gasteiger partial charge in [-0.05, 0) is 6.07 Å². The molecule has 1 amide bonds. The zero-order valence-corrected chi connectivity index (χ0v) is 12.6. The molecule has 0 radical (unpaired) electrons. The van der Waals surface area contributed by atoms with E-state index in [1.165, 1.54) is 12.0 Å². The van der Waals surface area contributed by atoms with Crippen LogP contribution in [0.2, 0.25) is 5.02 Å². The molecule has 1 aromatic carbocycles. The van der Waals surface area contributed by atoms with Gasteiger partial charge in [0.2, 0.25) is 0 Å². The molecule has 1 saturated heterocycles. The van der Waals surface area contributed by atoms with Crippen LogP contribution in [0.5, 0.6) is 0 Å². The number of para-hydroxylation sites is 1. The molecule has 1 aliphatic rings. The maximum Gasteiger partial charge on any atom is 0.326 e. The van der Waals surface area contributed by atoms with Crippen LogP contribution in [0, 0.1) is 0 Å². The molecule has 0 spiro atoms. The molecule has 116 valence electrons. The predicted molar refractivity (Wildman–Crippen MR) is 81.2 cm³/mol. The van der Waals surface area contributed by atoms with Crippen LogP contribution in [-0.2, 0) is 9.53 Å². The first kappa shape index (κ1) is 14.9. The van der Waals surface area contributed by atoms with E-state index in [-0.39, 0.29) is 24.8 Å². The molecule has 0 aliphatic carbocycles. The smallest absolute Gasteiger partial charge is 0.326 e. The Labute approximate surface area is 131 Å². The average molecular weight is 323 g/mol. The van der Waals surface area contributed by atoms with Crippen molar-refractivity contribution in [3.63, 3.8) is 0 Å². The molecule has 7 heteroatoms. The van der Waals surface area contributed by atoms with E-state index in [0.29, 0.717) is 5.02 Å². The van der Waals surface area contributed by atoms with E-state index in [9.17, 15) is 14.7 Å². The number of methoxy groups -OCH3 is 1. The highest BCUT2D eigenvalue weighted by atomic mass is 35.5. The van der Waals surface area contributed by atoms with Crippen LogP contribution >= 0.6 is 11.6 Å². The van der Waals surface area contributed by atoms with Crippen LogP contribution in [0.15, 0.2) is 24.3 Å². The summed E-state index contributed by atoms with van der Waals surface area (Å²) >= 11 is 6.27. The number of hydrogen-bond acceptors (Lipinski definition) is 3. The highest BCUT2D eigenvalue weighted by molar-refractivity contribution is 6.38. The van der Waals surface area contributed by atoms with Crippen molar-refractivity contribution in [3.05, 3.63) is 35.0 Å². The molecule has 1 aliphatic heterocycles. The zero-order valence-electron chi connectivity index (χ0n) is 11.9. The van der Waals surface area contributed by atoms with Crippen LogP contribution in [0.1, 0.15) is 16.9 Å². The summed E-state index contributed by atoms with van der Waals surface area (Å²) in [4.78, 5) is 28.4. The number of nitrogens with one attached hydrogen (secondary N) is 1.